The Kier molecular flexibility index (Phi) is 7.53. The van der Waals surface area contributed by atoms with Gasteiger partial charge in [-0.15, -0.1) is 0 Å². The van der Waals surface area contributed by atoms with E-state index in [-0.39, 0.29) is 6.03 Å². The van der Waals surface area contributed by atoms with Crippen LogP contribution in [-0.2, 0) is 0 Å². The van der Waals surface area contributed by atoms with E-state index >= 15 is 0 Å². The van der Waals surface area contributed by atoms with Crippen LogP contribution in [0.5, 0.6) is 11.5 Å². The second-order valence-corrected chi connectivity index (χ2v) is 7.00. The van der Waals surface area contributed by atoms with E-state index in [2.05, 4.69) is 56.5 Å². The number of hydrogen-bond acceptors (Lipinski definition) is 3. The molecule has 0 aliphatic carbocycles. The first kappa shape index (κ1) is 20.6. The summed E-state index contributed by atoms with van der Waals surface area (Å²) in [6.07, 6.45) is 0. The lowest BCUT2D eigenvalue weighted by Gasteiger charge is -2.20. The maximum absolute atomic E-state index is 12.4. The molecule has 27 heavy (non-hydrogen) atoms. The number of methoxy groups -OCH3 is 1. The van der Waals surface area contributed by atoms with Gasteiger partial charge >= 0.3 is 6.03 Å². The van der Waals surface area contributed by atoms with Gasteiger partial charge in [-0.2, -0.15) is 0 Å². The van der Waals surface area contributed by atoms with Crippen molar-refractivity contribution < 1.29 is 14.3 Å². The van der Waals surface area contributed by atoms with E-state index in [9.17, 15) is 4.79 Å². The van der Waals surface area contributed by atoms with E-state index in [4.69, 9.17) is 9.47 Å². The number of benzene rings is 2. The largest absolute Gasteiger partial charge is 0.493 e. The maximum atomic E-state index is 12.4. The summed E-state index contributed by atoms with van der Waals surface area (Å²) < 4.78 is 10.9. The van der Waals surface area contributed by atoms with E-state index in [0.717, 1.165) is 16.8 Å². The molecule has 2 N–H and O–H groups in total. The fraction of sp³-hybridized carbons (Fsp3) is 0.409. The Morgan fingerprint density at radius 2 is 1.52 bits per heavy atom. The number of rotatable bonds is 8. The summed E-state index contributed by atoms with van der Waals surface area (Å²) >= 11 is 0. The molecule has 5 heteroatoms. The first-order valence-corrected chi connectivity index (χ1v) is 9.37. The van der Waals surface area contributed by atoms with Crippen molar-refractivity contribution in [2.24, 2.45) is 0 Å². The Morgan fingerprint density at radius 1 is 0.926 bits per heavy atom. The number of urea groups is 1. The zero-order valence-electron chi connectivity index (χ0n) is 16.8. The first-order valence-electron chi connectivity index (χ1n) is 9.37. The minimum atomic E-state index is -0.228. The highest BCUT2D eigenvalue weighted by Gasteiger charge is 2.15. The number of carbonyl (C=O) groups excluding carboxylic acids is 1. The van der Waals surface area contributed by atoms with Gasteiger partial charge in [-0.25, -0.2) is 4.79 Å². The molecular formula is C22H30N2O3. The average Bonchev–Trinajstić information content (AvgIpc) is 2.65. The van der Waals surface area contributed by atoms with Crippen LogP contribution in [0.2, 0.25) is 0 Å². The third-order valence-electron chi connectivity index (χ3n) is 4.33. The molecule has 2 amide bonds. The maximum Gasteiger partial charge on any atom is 0.319 e. The molecule has 0 spiro atoms. The first-order chi connectivity index (χ1) is 12.9. The van der Waals surface area contributed by atoms with Crippen LogP contribution in [0.3, 0.4) is 0 Å². The molecule has 0 saturated carbocycles. The summed E-state index contributed by atoms with van der Waals surface area (Å²) in [4.78, 5) is 12.4. The molecule has 0 fully saturated rings. The highest BCUT2D eigenvalue weighted by Crippen LogP contribution is 2.32. The second-order valence-electron chi connectivity index (χ2n) is 7.00. The SMILES string of the molecule is COc1ccccc1OCCNC(=O)Nc1c(C(C)C)cccc1C(C)C. The molecule has 146 valence electrons. The number of amides is 2. The topological polar surface area (TPSA) is 59.6 Å². The fourth-order valence-electron chi connectivity index (χ4n) is 2.92. The van der Waals surface area contributed by atoms with Crippen molar-refractivity contribution in [3.63, 3.8) is 0 Å². The van der Waals surface area contributed by atoms with Crippen LogP contribution in [0, 0.1) is 0 Å². The van der Waals surface area contributed by atoms with Gasteiger partial charge < -0.3 is 20.1 Å². The Balaban J connectivity index is 1.94. The van der Waals surface area contributed by atoms with Crippen molar-refractivity contribution >= 4 is 11.7 Å². The zero-order chi connectivity index (χ0) is 19.8. The summed E-state index contributed by atoms with van der Waals surface area (Å²) in [6, 6.07) is 13.4. The van der Waals surface area contributed by atoms with Gasteiger partial charge in [0.1, 0.15) is 6.61 Å². The number of ether oxygens (including phenoxy) is 2. The van der Waals surface area contributed by atoms with Gasteiger partial charge in [0.05, 0.1) is 13.7 Å². The third kappa shape index (κ3) is 5.64. The van der Waals surface area contributed by atoms with E-state index in [1.165, 1.54) is 0 Å². The lowest BCUT2D eigenvalue weighted by atomic mass is 9.93. The second kappa shape index (κ2) is 9.86. The lowest BCUT2D eigenvalue weighted by Crippen LogP contribution is -2.33. The molecule has 0 unspecified atom stereocenters. The van der Waals surface area contributed by atoms with E-state index in [0.29, 0.717) is 36.5 Å². The van der Waals surface area contributed by atoms with E-state index in [1.807, 2.05) is 24.3 Å². The molecule has 0 heterocycles. The fourth-order valence-corrected chi connectivity index (χ4v) is 2.92. The smallest absolute Gasteiger partial charge is 0.319 e. The summed E-state index contributed by atoms with van der Waals surface area (Å²) in [5.74, 6) is 1.99. The molecule has 0 radical (unpaired) electrons. The van der Waals surface area contributed by atoms with Crippen LogP contribution in [0.15, 0.2) is 42.5 Å². The minimum absolute atomic E-state index is 0.228. The molecule has 0 bridgehead atoms. The molecule has 0 aromatic heterocycles. The summed E-state index contributed by atoms with van der Waals surface area (Å²) in [7, 11) is 1.60. The van der Waals surface area contributed by atoms with Crippen LogP contribution in [-0.4, -0.2) is 26.3 Å². The lowest BCUT2D eigenvalue weighted by molar-refractivity contribution is 0.246. The van der Waals surface area contributed by atoms with Gasteiger partial charge in [0.2, 0.25) is 0 Å². The quantitative estimate of drug-likeness (QED) is 0.632. The molecule has 2 aromatic carbocycles. The molecule has 0 aliphatic rings. The Hall–Kier alpha value is -2.69. The van der Waals surface area contributed by atoms with Gasteiger partial charge in [-0.3, -0.25) is 0 Å². The van der Waals surface area contributed by atoms with Crippen molar-refractivity contribution in [1.82, 2.24) is 5.32 Å². The average molecular weight is 370 g/mol. The highest BCUT2D eigenvalue weighted by molar-refractivity contribution is 5.91. The number of nitrogens with one attached hydrogen (secondary N) is 2. The predicted octanol–water partition coefficient (Wildman–Crippen LogP) is 5.14. The Labute approximate surface area is 162 Å². The highest BCUT2D eigenvalue weighted by atomic mass is 16.5. The summed E-state index contributed by atoms with van der Waals surface area (Å²) in [5.41, 5.74) is 3.19. The van der Waals surface area contributed by atoms with Crippen molar-refractivity contribution in [2.45, 2.75) is 39.5 Å². The van der Waals surface area contributed by atoms with Gasteiger partial charge in [0.25, 0.3) is 0 Å². The van der Waals surface area contributed by atoms with Crippen LogP contribution >= 0.6 is 0 Å². The van der Waals surface area contributed by atoms with Gasteiger partial charge in [-0.1, -0.05) is 58.0 Å². The minimum Gasteiger partial charge on any atom is -0.493 e. The Bertz CT molecular complexity index is 731. The summed E-state index contributed by atoms with van der Waals surface area (Å²) in [6.45, 7) is 9.27. The predicted molar refractivity (Wildman–Crippen MR) is 110 cm³/mol. The van der Waals surface area contributed by atoms with Crippen molar-refractivity contribution in [1.29, 1.82) is 0 Å². The molecule has 2 rings (SSSR count). The third-order valence-corrected chi connectivity index (χ3v) is 4.33. The van der Waals surface area contributed by atoms with Crippen LogP contribution in [0.4, 0.5) is 10.5 Å². The molecule has 0 saturated heterocycles. The number of para-hydroxylation sites is 3. The molecule has 0 atom stereocenters. The van der Waals surface area contributed by atoms with Gasteiger partial charge in [0.15, 0.2) is 11.5 Å². The summed E-state index contributed by atoms with van der Waals surface area (Å²) in [5, 5.41) is 5.89. The number of carbonyl (C=O) groups is 1. The normalized spacial score (nSPS) is 10.8. The van der Waals surface area contributed by atoms with Crippen molar-refractivity contribution in [3.05, 3.63) is 53.6 Å². The monoisotopic (exact) mass is 370 g/mol. The van der Waals surface area contributed by atoms with E-state index < -0.39 is 0 Å². The van der Waals surface area contributed by atoms with Crippen molar-refractivity contribution in [3.8, 4) is 11.5 Å². The Morgan fingerprint density at radius 3 is 2.07 bits per heavy atom. The van der Waals surface area contributed by atoms with Crippen LogP contribution in [0.1, 0.15) is 50.7 Å². The standard InChI is InChI=1S/C22H30N2O3/c1-15(2)17-9-8-10-18(16(3)4)21(17)24-22(25)23-13-14-27-20-12-7-6-11-19(20)26-5/h6-12,15-16H,13-14H2,1-5H3,(H2,23,24,25). The van der Waals surface area contributed by atoms with E-state index in [1.54, 1.807) is 7.11 Å². The molecule has 5 nitrogen and oxygen atoms in total. The molecule has 0 aliphatic heterocycles. The molecule has 2 aromatic rings. The van der Waals surface area contributed by atoms with Crippen molar-refractivity contribution in [2.75, 3.05) is 25.6 Å². The number of anilines is 1. The van der Waals surface area contributed by atoms with Gasteiger partial charge in [0, 0.05) is 5.69 Å². The van der Waals surface area contributed by atoms with Crippen LogP contribution in [0.25, 0.3) is 0 Å². The molecular weight excluding hydrogens is 340 g/mol. The zero-order valence-corrected chi connectivity index (χ0v) is 16.8. The number of hydrogen-bond donors (Lipinski definition) is 2. The van der Waals surface area contributed by atoms with Gasteiger partial charge in [-0.05, 0) is 35.1 Å². The van der Waals surface area contributed by atoms with Crippen LogP contribution < -0.4 is 20.1 Å².